The number of hydrogen-bond acceptors (Lipinski definition) is 7. The lowest BCUT2D eigenvalue weighted by Crippen LogP contribution is -2.46. The number of thiophene rings is 1. The van der Waals surface area contributed by atoms with Crippen LogP contribution in [-0.4, -0.2) is 73.5 Å². The average molecular weight is 627 g/mol. The summed E-state index contributed by atoms with van der Waals surface area (Å²) in [6.45, 7) is 6.51. The van der Waals surface area contributed by atoms with Gasteiger partial charge in [-0.2, -0.15) is 0 Å². The van der Waals surface area contributed by atoms with Crippen molar-refractivity contribution in [2.45, 2.75) is 69.9 Å². The Bertz CT molecular complexity index is 1560. The lowest BCUT2D eigenvalue weighted by molar-refractivity contribution is 0.0485. The molecule has 3 aromatic carbocycles. The van der Waals surface area contributed by atoms with Crippen LogP contribution in [0, 0.1) is 0 Å². The van der Waals surface area contributed by atoms with Crippen molar-refractivity contribution in [2.75, 3.05) is 46.4 Å². The zero-order chi connectivity index (χ0) is 30.6. The largest absolute Gasteiger partial charge is 0.504 e. The van der Waals surface area contributed by atoms with E-state index in [1.165, 1.54) is 87.1 Å². The number of fused-ring (bicyclic) bond motifs is 1. The summed E-state index contributed by atoms with van der Waals surface area (Å²) in [4.78, 5) is 6.35. The number of methoxy groups -OCH3 is 1. The van der Waals surface area contributed by atoms with Crippen LogP contribution in [0.15, 0.2) is 60.7 Å². The van der Waals surface area contributed by atoms with E-state index in [1.54, 1.807) is 18.4 Å². The number of phenolic OH excluding ortho intramolecular Hbond substituents is 1. The van der Waals surface area contributed by atoms with Crippen LogP contribution in [0.3, 0.4) is 0 Å². The zero-order valence-corrected chi connectivity index (χ0v) is 27.3. The Morgan fingerprint density at radius 2 is 1.53 bits per heavy atom. The maximum absolute atomic E-state index is 10.6. The van der Waals surface area contributed by atoms with Gasteiger partial charge in [0.2, 0.25) is 0 Å². The molecule has 0 spiro atoms. The molecular formula is C38H46N2O4S. The van der Waals surface area contributed by atoms with Crippen molar-refractivity contribution < 1.29 is 19.3 Å². The molecule has 7 heteroatoms. The second-order valence-corrected chi connectivity index (χ2v) is 14.0. The minimum atomic E-state index is 0.169. The van der Waals surface area contributed by atoms with Gasteiger partial charge in [-0.25, -0.2) is 0 Å². The quantitative estimate of drug-likeness (QED) is 0.181. The molecule has 0 amide bonds. The van der Waals surface area contributed by atoms with E-state index >= 15 is 0 Å². The van der Waals surface area contributed by atoms with Gasteiger partial charge >= 0.3 is 0 Å². The van der Waals surface area contributed by atoms with Crippen molar-refractivity contribution in [1.82, 2.24) is 9.80 Å². The first kappa shape index (κ1) is 30.4. The molecule has 2 saturated heterocycles. The molecule has 3 heterocycles. The maximum Gasteiger partial charge on any atom is 0.161 e. The molecule has 1 saturated carbocycles. The third-order valence-corrected chi connectivity index (χ3v) is 11.2. The van der Waals surface area contributed by atoms with E-state index < -0.39 is 0 Å². The van der Waals surface area contributed by atoms with Gasteiger partial charge in [0.1, 0.15) is 24.2 Å². The topological polar surface area (TPSA) is 54.4 Å². The van der Waals surface area contributed by atoms with E-state index in [0.717, 1.165) is 46.5 Å². The lowest BCUT2D eigenvalue weighted by atomic mass is 9.91. The highest BCUT2D eigenvalue weighted by Gasteiger charge is 2.33. The van der Waals surface area contributed by atoms with Crippen molar-refractivity contribution in [3.8, 4) is 33.4 Å². The van der Waals surface area contributed by atoms with Crippen LogP contribution in [0.25, 0.3) is 20.5 Å². The number of nitrogens with zero attached hydrogens (tertiary/aromatic N) is 2. The van der Waals surface area contributed by atoms with Crippen LogP contribution in [0.2, 0.25) is 0 Å². The van der Waals surface area contributed by atoms with Crippen LogP contribution in [0.1, 0.15) is 62.5 Å². The molecule has 3 fully saturated rings. The molecular weight excluding hydrogens is 580 g/mol. The van der Waals surface area contributed by atoms with Crippen LogP contribution in [0.4, 0.5) is 0 Å². The second-order valence-electron chi connectivity index (χ2n) is 12.9. The zero-order valence-electron chi connectivity index (χ0n) is 26.5. The molecule has 4 aromatic rings. The van der Waals surface area contributed by atoms with Crippen LogP contribution >= 0.6 is 11.3 Å². The fourth-order valence-corrected chi connectivity index (χ4v) is 8.75. The number of hydrogen-bond donors (Lipinski definition) is 1. The standard InChI is InChI=1S/C38H46N2O4S/c1-42-36-25-31-32(24-27-10-14-30(15-11-27)44-35-9-3-2-8-33(35)40-20-6-7-21-40)38(45-37(31)26-34(36)41)28-12-16-29(17-13-28)43-23-22-39-18-4-5-19-39/h10-17,25-26,33,35,41H,2-9,18-24H2,1H3/t33-,35-/m0/s1. The predicted octanol–water partition coefficient (Wildman–Crippen LogP) is 8.13. The van der Waals surface area contributed by atoms with E-state index in [4.69, 9.17) is 14.2 Å². The summed E-state index contributed by atoms with van der Waals surface area (Å²) in [6.07, 6.45) is 11.3. The van der Waals surface area contributed by atoms with Crippen LogP contribution in [0.5, 0.6) is 23.0 Å². The minimum absolute atomic E-state index is 0.169. The number of likely N-dealkylation sites (tertiary alicyclic amines) is 2. The number of benzene rings is 3. The van der Waals surface area contributed by atoms with Crippen molar-refractivity contribution >= 4 is 21.4 Å². The first-order chi connectivity index (χ1) is 22.1. The highest BCUT2D eigenvalue weighted by atomic mass is 32.1. The Balaban J connectivity index is 1.10. The van der Waals surface area contributed by atoms with E-state index in [-0.39, 0.29) is 11.9 Å². The van der Waals surface area contributed by atoms with Gasteiger partial charge in [0.05, 0.1) is 7.11 Å². The van der Waals surface area contributed by atoms with Crippen molar-refractivity contribution in [3.05, 3.63) is 71.8 Å². The smallest absolute Gasteiger partial charge is 0.161 e. The van der Waals surface area contributed by atoms with Gasteiger partial charge in [0, 0.05) is 33.6 Å². The molecule has 2 atom stereocenters. The number of rotatable bonds is 11. The molecule has 238 valence electrons. The Morgan fingerprint density at radius 3 is 2.29 bits per heavy atom. The van der Waals surface area contributed by atoms with Crippen LogP contribution < -0.4 is 14.2 Å². The highest BCUT2D eigenvalue weighted by Crippen LogP contribution is 2.44. The van der Waals surface area contributed by atoms with E-state index in [2.05, 4.69) is 58.3 Å². The molecule has 7 rings (SSSR count). The predicted molar refractivity (Wildman–Crippen MR) is 183 cm³/mol. The van der Waals surface area contributed by atoms with Gasteiger partial charge in [-0.3, -0.25) is 9.80 Å². The fourth-order valence-electron chi connectivity index (χ4n) is 7.51. The Labute approximate surface area is 271 Å². The molecule has 1 aliphatic carbocycles. The summed E-state index contributed by atoms with van der Waals surface area (Å²) >= 11 is 1.72. The monoisotopic (exact) mass is 626 g/mol. The van der Waals surface area contributed by atoms with Gasteiger partial charge < -0.3 is 19.3 Å². The van der Waals surface area contributed by atoms with Crippen LogP contribution in [-0.2, 0) is 6.42 Å². The van der Waals surface area contributed by atoms with Gasteiger partial charge in [-0.1, -0.05) is 18.6 Å². The normalized spacial score (nSPS) is 21.0. The van der Waals surface area contributed by atoms with E-state index in [0.29, 0.717) is 18.4 Å². The summed E-state index contributed by atoms with van der Waals surface area (Å²) in [6, 6.07) is 21.6. The summed E-state index contributed by atoms with van der Waals surface area (Å²) in [7, 11) is 1.61. The molecule has 0 bridgehead atoms. The molecule has 3 aliphatic rings. The van der Waals surface area contributed by atoms with Gasteiger partial charge in [0.15, 0.2) is 11.5 Å². The first-order valence-corrected chi connectivity index (χ1v) is 17.7. The van der Waals surface area contributed by atoms with Crippen molar-refractivity contribution in [2.24, 2.45) is 0 Å². The second kappa shape index (κ2) is 14.0. The third-order valence-electron chi connectivity index (χ3n) is 9.95. The van der Waals surface area contributed by atoms with E-state index in [9.17, 15) is 5.11 Å². The molecule has 6 nitrogen and oxygen atoms in total. The molecule has 0 unspecified atom stereocenters. The molecule has 2 aliphatic heterocycles. The average Bonchev–Trinajstić information content (AvgIpc) is 3.85. The van der Waals surface area contributed by atoms with Gasteiger partial charge in [-0.15, -0.1) is 11.3 Å². The van der Waals surface area contributed by atoms with E-state index in [1.807, 2.05) is 12.1 Å². The first-order valence-electron chi connectivity index (χ1n) is 16.9. The summed E-state index contributed by atoms with van der Waals surface area (Å²) in [5.74, 6) is 2.54. The number of phenols is 1. The molecule has 1 N–H and O–H groups in total. The maximum atomic E-state index is 10.6. The summed E-state index contributed by atoms with van der Waals surface area (Å²) in [5, 5.41) is 11.7. The number of ether oxygens (including phenoxy) is 3. The molecule has 45 heavy (non-hydrogen) atoms. The SMILES string of the molecule is COc1cc2c(Cc3ccc(O[C@H]4CCCC[C@@H]4N4CCCC4)cc3)c(-c3ccc(OCCN4CCCC4)cc3)sc2cc1O. The fraction of sp³-hybridized carbons (Fsp3) is 0.474. The third kappa shape index (κ3) is 6.96. The van der Waals surface area contributed by atoms with Gasteiger partial charge in [-0.05, 0) is 137 Å². The van der Waals surface area contributed by atoms with Crippen molar-refractivity contribution in [1.29, 1.82) is 0 Å². The Hall–Kier alpha value is -3.26. The summed E-state index contributed by atoms with van der Waals surface area (Å²) in [5.41, 5.74) is 3.63. The Kier molecular flexibility index (Phi) is 9.47. The highest BCUT2D eigenvalue weighted by molar-refractivity contribution is 7.22. The lowest BCUT2D eigenvalue weighted by Gasteiger charge is -2.37. The minimum Gasteiger partial charge on any atom is -0.504 e. The molecule has 0 radical (unpaired) electrons. The Morgan fingerprint density at radius 1 is 0.822 bits per heavy atom. The van der Waals surface area contributed by atoms with Gasteiger partial charge in [0.25, 0.3) is 0 Å². The molecule has 1 aromatic heterocycles. The summed E-state index contributed by atoms with van der Waals surface area (Å²) < 4.78 is 19.3. The number of aromatic hydroxyl groups is 1. The van der Waals surface area contributed by atoms with Crippen molar-refractivity contribution in [3.63, 3.8) is 0 Å².